The van der Waals surface area contributed by atoms with E-state index in [4.69, 9.17) is 5.32 Å². The molecule has 1 fully saturated rings. The summed E-state index contributed by atoms with van der Waals surface area (Å²) in [5, 5.41) is 19.2. The number of hydrogen-bond acceptors (Lipinski definition) is 2. The molecule has 4 unspecified atom stereocenters. The van der Waals surface area contributed by atoms with Gasteiger partial charge in [0.2, 0.25) is 0 Å². The molecule has 3 heterocycles. The third kappa shape index (κ3) is 5.19. The van der Waals surface area contributed by atoms with Gasteiger partial charge in [0.25, 0.3) is 0 Å². The van der Waals surface area contributed by atoms with Gasteiger partial charge in [-0.25, -0.2) is 0 Å². The van der Waals surface area contributed by atoms with E-state index in [0.717, 1.165) is 24.9 Å². The van der Waals surface area contributed by atoms with Crippen molar-refractivity contribution in [3.05, 3.63) is 192 Å². The van der Waals surface area contributed by atoms with E-state index >= 15 is 0 Å². The van der Waals surface area contributed by atoms with E-state index in [2.05, 4.69) is 190 Å². The van der Waals surface area contributed by atoms with Crippen LogP contribution in [0.1, 0.15) is 47.6 Å². The van der Waals surface area contributed by atoms with Crippen LogP contribution in [0.3, 0.4) is 0 Å². The molecule has 4 atom stereocenters. The Bertz CT molecular complexity index is 2800. The molecule has 5 heteroatoms. The number of para-hydroxylation sites is 2. The minimum absolute atomic E-state index is 0.00654. The Morgan fingerprint density at radius 1 is 0.574 bits per heavy atom. The minimum Gasteiger partial charge on any atom is -0.628 e. The second kappa shape index (κ2) is 12.9. The van der Waals surface area contributed by atoms with Crippen LogP contribution in [0.4, 0.5) is 0 Å². The number of allylic oxidation sites excluding steroid dienone is 4. The van der Waals surface area contributed by atoms with Gasteiger partial charge in [0, 0.05) is 38.8 Å². The molecule has 0 saturated carbocycles. The van der Waals surface area contributed by atoms with Gasteiger partial charge < -0.3 is 25.1 Å². The lowest BCUT2D eigenvalue weighted by Gasteiger charge is -2.52. The maximum Gasteiger partial charge on any atom is 0.0812 e. The molecule has 2 aliphatic carbocycles. The molecule has 262 valence electrons. The van der Waals surface area contributed by atoms with Gasteiger partial charge in [-0.05, 0) is 90.0 Å². The standard InChI is InChI=1S/C49H40N5/c1-4-14-32(15-5-1)47-50-48(33-16-6-2-7-17-33)52-49(51-47)36-25-24-35-29-38(27-26-34(35)28-36)54-44-23-13-11-21-40(44)42-30-41-39-20-10-12-22-43(39)53(45(41)31-46(42)54)37-18-8-3-9-19-37/h1-11,13-16,18-21,23-31,33,47-49,51-52H,12,17,22H2/q-1. The molecule has 1 saturated heterocycles. The topological polar surface area (TPSA) is 48.0 Å². The van der Waals surface area contributed by atoms with Gasteiger partial charge in [-0.2, -0.15) is 0 Å². The molecule has 54 heavy (non-hydrogen) atoms. The molecule has 11 rings (SSSR count). The Morgan fingerprint density at radius 2 is 1.37 bits per heavy atom. The Labute approximate surface area is 314 Å². The van der Waals surface area contributed by atoms with Gasteiger partial charge >= 0.3 is 0 Å². The Balaban J connectivity index is 1.02. The number of rotatable bonds is 5. The van der Waals surface area contributed by atoms with E-state index in [1.54, 1.807) is 0 Å². The first-order valence-electron chi connectivity index (χ1n) is 19.2. The predicted octanol–water partition coefficient (Wildman–Crippen LogP) is 11.6. The van der Waals surface area contributed by atoms with Crippen molar-refractivity contribution in [3.63, 3.8) is 0 Å². The van der Waals surface area contributed by atoms with Crippen LogP contribution >= 0.6 is 0 Å². The van der Waals surface area contributed by atoms with Crippen LogP contribution < -0.4 is 10.6 Å². The summed E-state index contributed by atoms with van der Waals surface area (Å²) < 4.78 is 4.95. The Hall–Kier alpha value is -5.98. The molecule has 1 aliphatic heterocycles. The van der Waals surface area contributed by atoms with Gasteiger partial charge in [-0.3, -0.25) is 0 Å². The number of aromatic nitrogens is 2. The molecule has 2 aromatic heterocycles. The highest BCUT2D eigenvalue weighted by molar-refractivity contribution is 6.15. The van der Waals surface area contributed by atoms with Crippen LogP contribution in [0.2, 0.25) is 0 Å². The predicted molar refractivity (Wildman–Crippen MR) is 224 cm³/mol. The fourth-order valence-electron chi connectivity index (χ4n) is 9.10. The summed E-state index contributed by atoms with van der Waals surface area (Å²) in [6.45, 7) is 0. The largest absolute Gasteiger partial charge is 0.628 e. The van der Waals surface area contributed by atoms with Crippen molar-refractivity contribution in [1.29, 1.82) is 0 Å². The first-order valence-corrected chi connectivity index (χ1v) is 19.2. The highest BCUT2D eigenvalue weighted by Crippen LogP contribution is 2.41. The summed E-state index contributed by atoms with van der Waals surface area (Å²) >= 11 is 0. The molecular formula is C49H40N5-. The average molecular weight is 699 g/mol. The van der Waals surface area contributed by atoms with E-state index in [1.165, 1.54) is 71.6 Å². The van der Waals surface area contributed by atoms with Crippen LogP contribution in [0.15, 0.2) is 164 Å². The fraction of sp³-hybridized carbons (Fsp3) is 0.143. The van der Waals surface area contributed by atoms with Crippen molar-refractivity contribution in [3.8, 4) is 11.4 Å². The molecule has 0 spiro atoms. The van der Waals surface area contributed by atoms with Crippen molar-refractivity contribution in [2.75, 3.05) is 0 Å². The molecule has 5 nitrogen and oxygen atoms in total. The van der Waals surface area contributed by atoms with Crippen molar-refractivity contribution < 1.29 is 0 Å². The zero-order valence-electron chi connectivity index (χ0n) is 29.9. The highest BCUT2D eigenvalue weighted by Gasteiger charge is 2.26. The molecule has 0 amide bonds. The van der Waals surface area contributed by atoms with Gasteiger partial charge in [0.1, 0.15) is 0 Å². The van der Waals surface area contributed by atoms with Gasteiger partial charge in [-0.15, -0.1) is 0 Å². The van der Waals surface area contributed by atoms with Crippen LogP contribution in [0.25, 0.3) is 66.2 Å². The van der Waals surface area contributed by atoms with Gasteiger partial charge in [-0.1, -0.05) is 139 Å². The second-order valence-electron chi connectivity index (χ2n) is 14.9. The summed E-state index contributed by atoms with van der Waals surface area (Å²) in [5.41, 5.74) is 11.2. The lowest BCUT2D eigenvalue weighted by Crippen LogP contribution is -2.50. The molecule has 0 bridgehead atoms. The summed E-state index contributed by atoms with van der Waals surface area (Å²) in [7, 11) is 0. The highest BCUT2D eigenvalue weighted by atomic mass is 15.4. The molecule has 6 aromatic carbocycles. The average Bonchev–Trinajstić information content (AvgIpc) is 3.75. The number of nitrogens with one attached hydrogen (secondary N) is 2. The van der Waals surface area contributed by atoms with E-state index in [1.807, 2.05) is 0 Å². The molecule has 0 radical (unpaired) electrons. The maximum absolute atomic E-state index is 5.25. The van der Waals surface area contributed by atoms with Crippen LogP contribution in [0.5, 0.6) is 0 Å². The number of hydrogen-bond donors (Lipinski definition) is 2. The summed E-state index contributed by atoms with van der Waals surface area (Å²) in [6.07, 6.45) is 16.4. The number of nitrogens with zero attached hydrogens (tertiary/aromatic N) is 3. The number of fused-ring (bicyclic) bond motifs is 7. The van der Waals surface area contributed by atoms with Crippen LogP contribution in [-0.2, 0) is 6.42 Å². The van der Waals surface area contributed by atoms with Crippen molar-refractivity contribution >= 4 is 49.6 Å². The molecule has 8 aromatic rings. The van der Waals surface area contributed by atoms with E-state index < -0.39 is 0 Å². The summed E-state index contributed by atoms with van der Waals surface area (Å²) in [5.74, 6) is 0.318. The third-order valence-corrected chi connectivity index (χ3v) is 11.7. The number of benzene rings is 6. The van der Waals surface area contributed by atoms with Crippen LogP contribution in [0, 0.1) is 5.92 Å². The lowest BCUT2D eigenvalue weighted by molar-refractivity contribution is 0.278. The normalized spacial score (nSPS) is 21.0. The quantitative estimate of drug-likeness (QED) is 0.188. The van der Waals surface area contributed by atoms with E-state index in [9.17, 15) is 0 Å². The molecule has 2 N–H and O–H groups in total. The van der Waals surface area contributed by atoms with Crippen molar-refractivity contribution in [2.45, 2.75) is 37.8 Å². The minimum atomic E-state index is -0.0915. The van der Waals surface area contributed by atoms with Crippen molar-refractivity contribution in [1.82, 2.24) is 19.8 Å². The Morgan fingerprint density at radius 3 is 2.24 bits per heavy atom. The lowest BCUT2D eigenvalue weighted by atomic mass is 9.94. The Kier molecular flexibility index (Phi) is 7.51. The van der Waals surface area contributed by atoms with Crippen molar-refractivity contribution in [2.24, 2.45) is 5.92 Å². The first-order chi connectivity index (χ1) is 26.8. The van der Waals surface area contributed by atoms with E-state index in [0.29, 0.717) is 5.92 Å². The van der Waals surface area contributed by atoms with E-state index in [-0.39, 0.29) is 18.5 Å². The fourth-order valence-corrected chi connectivity index (χ4v) is 9.10. The smallest absolute Gasteiger partial charge is 0.0812 e. The zero-order chi connectivity index (χ0) is 35.6. The first kappa shape index (κ1) is 31.5. The van der Waals surface area contributed by atoms with Crippen LogP contribution in [-0.4, -0.2) is 15.3 Å². The summed E-state index contributed by atoms with van der Waals surface area (Å²) in [6, 6.07) is 49.0. The maximum atomic E-state index is 5.25. The zero-order valence-corrected chi connectivity index (χ0v) is 29.9. The monoisotopic (exact) mass is 698 g/mol. The summed E-state index contributed by atoms with van der Waals surface area (Å²) in [4.78, 5) is 0. The van der Waals surface area contributed by atoms with Gasteiger partial charge in [0.05, 0.1) is 22.7 Å². The molecule has 3 aliphatic rings. The second-order valence-corrected chi connectivity index (χ2v) is 14.9. The van der Waals surface area contributed by atoms with Gasteiger partial charge in [0.15, 0.2) is 0 Å². The molecular weight excluding hydrogens is 659 g/mol. The third-order valence-electron chi connectivity index (χ3n) is 11.7. The SMILES string of the molecule is C1=CCC(C2[N-]C(c3ccccc3)NC(c3ccc4cc(-n5c6ccccc6c6cc7c8c(n(-c9ccccc9)c7cc65)CCC=C8)ccc4c3)N2)C=C1.